The summed E-state index contributed by atoms with van der Waals surface area (Å²) in [5.74, 6) is 3.65. The van der Waals surface area contributed by atoms with E-state index in [9.17, 15) is 5.11 Å². The van der Waals surface area contributed by atoms with E-state index in [0.717, 1.165) is 0 Å². The quantitative estimate of drug-likeness (QED) is 0.491. The summed E-state index contributed by atoms with van der Waals surface area (Å²) in [4.78, 5) is 12.6. The number of anilines is 2. The fourth-order valence-electron chi connectivity index (χ4n) is 1.52. The van der Waals surface area contributed by atoms with Crippen LogP contribution in [0.25, 0.3) is 0 Å². The van der Waals surface area contributed by atoms with E-state index in [-0.39, 0.29) is 5.28 Å². The smallest absolute Gasteiger partial charge is 0.224 e. The lowest BCUT2D eigenvalue weighted by atomic mass is 10.1. The van der Waals surface area contributed by atoms with Gasteiger partial charge in [0.25, 0.3) is 0 Å². The summed E-state index contributed by atoms with van der Waals surface area (Å²) in [5, 5.41) is 15.7. The monoisotopic (exact) mass is 366 g/mol. The summed E-state index contributed by atoms with van der Waals surface area (Å²) in [7, 11) is -1.51. The largest absolute Gasteiger partial charge is 0.384 e. The molecule has 0 atom stereocenters. The Bertz CT molecular complexity index is 768. The predicted octanol–water partition coefficient (Wildman–Crippen LogP) is 3.79. The van der Waals surface area contributed by atoms with Crippen LogP contribution in [0.3, 0.4) is 0 Å². The van der Waals surface area contributed by atoms with E-state index in [2.05, 4.69) is 51.4 Å². The Morgan fingerprint density at radius 2 is 2.00 bits per heavy atom. The first kappa shape index (κ1) is 17.9. The molecular weight excluding hydrogens is 348 g/mol. The van der Waals surface area contributed by atoms with Crippen molar-refractivity contribution in [3.05, 3.63) is 28.1 Å². The Kier molecular flexibility index (Phi) is 5.11. The van der Waals surface area contributed by atoms with Gasteiger partial charge in [-0.05, 0) is 25.4 Å². The molecule has 0 saturated carbocycles. The molecule has 5 nitrogen and oxygen atoms in total. The lowest BCUT2D eigenvalue weighted by molar-refractivity contribution is 0.0746. The Hall–Kier alpha value is -1.46. The lowest BCUT2D eigenvalue weighted by Crippen LogP contribution is -2.16. The number of hydrogen-bond donors (Lipinski definition) is 2. The van der Waals surface area contributed by atoms with Gasteiger partial charge in [-0.15, -0.1) is 16.9 Å². The molecule has 2 heterocycles. The third-order valence-electron chi connectivity index (χ3n) is 2.69. The van der Waals surface area contributed by atoms with Gasteiger partial charge in [0.2, 0.25) is 5.28 Å². The van der Waals surface area contributed by atoms with Gasteiger partial charge in [0.1, 0.15) is 13.7 Å². The SMILES string of the molecule is CC(C)(O)c1csc(Nc2nc(Cl)ncc2C#C[Si](C)(C)C)n1. The molecule has 0 aliphatic heterocycles. The summed E-state index contributed by atoms with van der Waals surface area (Å²) in [6.45, 7) is 9.89. The van der Waals surface area contributed by atoms with Crippen molar-refractivity contribution in [2.45, 2.75) is 39.1 Å². The maximum absolute atomic E-state index is 9.99. The fraction of sp³-hybridized carbons (Fsp3) is 0.400. The van der Waals surface area contributed by atoms with Crippen LogP contribution in [0, 0.1) is 11.5 Å². The maximum atomic E-state index is 9.99. The first-order valence-corrected chi connectivity index (χ1v) is 11.8. The second-order valence-corrected chi connectivity index (χ2v) is 12.6. The van der Waals surface area contributed by atoms with Gasteiger partial charge in [0, 0.05) is 11.6 Å². The number of halogens is 1. The number of nitrogens with zero attached hydrogens (tertiary/aromatic N) is 3. The number of rotatable bonds is 3. The van der Waals surface area contributed by atoms with Crippen molar-refractivity contribution in [2.24, 2.45) is 0 Å². The molecule has 8 heteroatoms. The van der Waals surface area contributed by atoms with Crippen LogP contribution in [0.5, 0.6) is 0 Å². The van der Waals surface area contributed by atoms with Crippen LogP contribution in [0.4, 0.5) is 10.9 Å². The molecule has 0 aliphatic rings. The highest BCUT2D eigenvalue weighted by atomic mass is 35.5. The first-order valence-electron chi connectivity index (χ1n) is 7.06. The zero-order valence-corrected chi connectivity index (χ0v) is 16.3. The number of hydrogen-bond acceptors (Lipinski definition) is 6. The average Bonchev–Trinajstić information content (AvgIpc) is 2.85. The molecule has 0 saturated heterocycles. The van der Waals surface area contributed by atoms with E-state index < -0.39 is 13.7 Å². The van der Waals surface area contributed by atoms with Crippen LogP contribution in [0.15, 0.2) is 11.6 Å². The number of aliphatic hydroxyl groups is 1. The molecule has 2 rings (SSSR count). The molecule has 0 amide bonds. The van der Waals surface area contributed by atoms with Crippen molar-refractivity contribution < 1.29 is 5.11 Å². The highest BCUT2D eigenvalue weighted by Gasteiger charge is 2.20. The molecular formula is C15H19ClN4OSSi. The van der Waals surface area contributed by atoms with Gasteiger partial charge in [0.05, 0.1) is 11.3 Å². The molecule has 0 unspecified atom stereocenters. The summed E-state index contributed by atoms with van der Waals surface area (Å²) < 4.78 is 0. The van der Waals surface area contributed by atoms with Crippen LogP contribution >= 0.6 is 22.9 Å². The highest BCUT2D eigenvalue weighted by molar-refractivity contribution is 7.13. The van der Waals surface area contributed by atoms with Gasteiger partial charge < -0.3 is 10.4 Å². The third-order valence-corrected chi connectivity index (χ3v) is 4.50. The van der Waals surface area contributed by atoms with Gasteiger partial charge in [-0.2, -0.15) is 4.98 Å². The van der Waals surface area contributed by atoms with Crippen LogP contribution in [0.1, 0.15) is 25.1 Å². The van der Waals surface area contributed by atoms with Crippen LogP contribution in [-0.2, 0) is 5.60 Å². The highest BCUT2D eigenvalue weighted by Crippen LogP contribution is 2.27. The summed E-state index contributed by atoms with van der Waals surface area (Å²) in [6, 6.07) is 0. The minimum Gasteiger partial charge on any atom is -0.384 e. The third kappa shape index (κ3) is 5.29. The normalized spacial score (nSPS) is 11.8. The van der Waals surface area contributed by atoms with Crippen molar-refractivity contribution in [3.8, 4) is 11.5 Å². The standard InChI is InChI=1S/C15H19ClN4OSSi/c1-15(2,21)11-9-22-14(18-11)20-12-10(6-7-23(3,4)5)8-17-13(16)19-12/h8-9,21H,1-5H3,(H,17,18,19,20). The molecule has 0 spiro atoms. The number of aromatic nitrogens is 3. The zero-order valence-electron chi connectivity index (χ0n) is 13.7. The second kappa shape index (κ2) is 6.57. The van der Waals surface area contributed by atoms with Crippen molar-refractivity contribution in [1.82, 2.24) is 15.0 Å². The Balaban J connectivity index is 2.33. The van der Waals surface area contributed by atoms with E-state index in [4.69, 9.17) is 11.6 Å². The molecule has 0 aromatic carbocycles. The Morgan fingerprint density at radius 1 is 1.30 bits per heavy atom. The van der Waals surface area contributed by atoms with Gasteiger partial charge in [-0.3, -0.25) is 0 Å². The molecule has 0 fully saturated rings. The summed E-state index contributed by atoms with van der Waals surface area (Å²) in [5.41, 5.74) is 3.57. The molecule has 2 aromatic rings. The predicted molar refractivity (Wildman–Crippen MR) is 97.9 cm³/mol. The minimum atomic E-state index is -1.51. The summed E-state index contributed by atoms with van der Waals surface area (Å²) >= 11 is 7.28. The fourth-order valence-corrected chi connectivity index (χ4v) is 3.03. The zero-order chi connectivity index (χ0) is 17.3. The average molecular weight is 367 g/mol. The maximum Gasteiger partial charge on any atom is 0.224 e. The molecule has 0 bridgehead atoms. The van der Waals surface area contributed by atoms with Crippen molar-refractivity contribution >= 4 is 42.0 Å². The van der Waals surface area contributed by atoms with Crippen molar-refractivity contribution in [2.75, 3.05) is 5.32 Å². The van der Waals surface area contributed by atoms with Gasteiger partial charge in [0.15, 0.2) is 10.9 Å². The van der Waals surface area contributed by atoms with E-state index in [1.807, 2.05) is 0 Å². The van der Waals surface area contributed by atoms with Crippen LogP contribution in [-0.4, -0.2) is 28.1 Å². The van der Waals surface area contributed by atoms with Gasteiger partial charge in [-0.1, -0.05) is 25.6 Å². The van der Waals surface area contributed by atoms with E-state index in [0.29, 0.717) is 22.2 Å². The molecule has 0 aliphatic carbocycles. The van der Waals surface area contributed by atoms with Crippen LogP contribution < -0.4 is 5.32 Å². The topological polar surface area (TPSA) is 70.9 Å². The molecule has 122 valence electrons. The lowest BCUT2D eigenvalue weighted by Gasteiger charge is -2.13. The Labute approximate surface area is 146 Å². The first-order chi connectivity index (χ1) is 10.5. The van der Waals surface area contributed by atoms with Gasteiger partial charge >= 0.3 is 0 Å². The van der Waals surface area contributed by atoms with Crippen molar-refractivity contribution in [3.63, 3.8) is 0 Å². The molecule has 0 radical (unpaired) electrons. The van der Waals surface area contributed by atoms with Crippen molar-refractivity contribution in [1.29, 1.82) is 0 Å². The minimum absolute atomic E-state index is 0.144. The number of nitrogens with one attached hydrogen (secondary N) is 1. The molecule has 2 N–H and O–H groups in total. The second-order valence-electron chi connectivity index (χ2n) is 6.62. The molecule has 2 aromatic heterocycles. The van der Waals surface area contributed by atoms with E-state index in [1.165, 1.54) is 11.3 Å². The Morgan fingerprint density at radius 3 is 2.57 bits per heavy atom. The van der Waals surface area contributed by atoms with E-state index >= 15 is 0 Å². The number of thiazole rings is 1. The van der Waals surface area contributed by atoms with Crippen LogP contribution in [0.2, 0.25) is 24.9 Å². The molecule has 23 heavy (non-hydrogen) atoms. The van der Waals surface area contributed by atoms with Gasteiger partial charge in [-0.25, -0.2) is 9.97 Å². The summed E-state index contributed by atoms with van der Waals surface area (Å²) in [6.07, 6.45) is 1.61. The van der Waals surface area contributed by atoms with E-state index in [1.54, 1.807) is 25.4 Å².